The third kappa shape index (κ3) is 3.61. The fourth-order valence-electron chi connectivity index (χ4n) is 1.13. The third-order valence-electron chi connectivity index (χ3n) is 2.21. The lowest BCUT2D eigenvalue weighted by Crippen LogP contribution is -1.96. The molecule has 0 N–H and O–H groups in total. The zero-order valence-corrected chi connectivity index (χ0v) is 11.0. The van der Waals surface area contributed by atoms with Crippen LogP contribution in [0.3, 0.4) is 0 Å². The van der Waals surface area contributed by atoms with Gasteiger partial charge in [0.25, 0.3) is 0 Å². The molecule has 0 amide bonds. The highest BCUT2D eigenvalue weighted by Gasteiger charge is 2.13. The Labute approximate surface area is 97.4 Å². The van der Waals surface area contributed by atoms with Gasteiger partial charge in [-0.25, -0.2) is 0 Å². The molecule has 0 aliphatic heterocycles. The average Bonchev–Trinajstić information content (AvgIpc) is 2.51. The summed E-state index contributed by atoms with van der Waals surface area (Å²) in [6, 6.07) is 4.17. The van der Waals surface area contributed by atoms with E-state index in [1.165, 1.54) is 11.3 Å². The number of thiophene rings is 1. The fourth-order valence-corrected chi connectivity index (χ4v) is 3.06. The van der Waals surface area contributed by atoms with E-state index in [2.05, 4.69) is 41.9 Å². The van der Waals surface area contributed by atoms with Crippen molar-refractivity contribution in [2.24, 2.45) is 5.92 Å². The first kappa shape index (κ1) is 11.5. The summed E-state index contributed by atoms with van der Waals surface area (Å²) in [5.74, 6) is 0.711. The standard InChI is InChI=1S/C10H14BrClS/c1-3-7(2)6-8(12)9-4-5-10(11)13-9/h4-5,7-8H,3,6H2,1-2H3. The number of halogens is 2. The highest BCUT2D eigenvalue weighted by molar-refractivity contribution is 9.11. The molecule has 0 radical (unpaired) electrons. The summed E-state index contributed by atoms with van der Waals surface area (Å²) in [7, 11) is 0. The molecule has 13 heavy (non-hydrogen) atoms. The van der Waals surface area contributed by atoms with Gasteiger partial charge in [0, 0.05) is 4.88 Å². The predicted molar refractivity (Wildman–Crippen MR) is 64.7 cm³/mol. The average molecular weight is 282 g/mol. The lowest BCUT2D eigenvalue weighted by Gasteiger charge is -2.12. The number of alkyl halides is 1. The molecular formula is C10H14BrClS. The highest BCUT2D eigenvalue weighted by Crippen LogP contribution is 2.35. The van der Waals surface area contributed by atoms with Crippen molar-refractivity contribution in [3.63, 3.8) is 0 Å². The molecule has 1 heterocycles. The van der Waals surface area contributed by atoms with Crippen LogP contribution in [0.15, 0.2) is 15.9 Å². The van der Waals surface area contributed by atoms with Crippen molar-refractivity contribution in [2.75, 3.05) is 0 Å². The second-order valence-corrected chi connectivity index (χ2v) is 6.38. The maximum absolute atomic E-state index is 6.28. The molecule has 0 saturated heterocycles. The smallest absolute Gasteiger partial charge is 0.0701 e. The normalized spacial score (nSPS) is 15.7. The molecule has 0 aliphatic carbocycles. The highest BCUT2D eigenvalue weighted by atomic mass is 79.9. The Morgan fingerprint density at radius 2 is 2.23 bits per heavy atom. The second kappa shape index (κ2) is 5.38. The van der Waals surface area contributed by atoms with Crippen molar-refractivity contribution in [3.8, 4) is 0 Å². The van der Waals surface area contributed by atoms with Crippen LogP contribution < -0.4 is 0 Å². The van der Waals surface area contributed by atoms with E-state index in [9.17, 15) is 0 Å². The largest absolute Gasteiger partial charge is 0.132 e. The van der Waals surface area contributed by atoms with E-state index in [1.807, 2.05) is 0 Å². The van der Waals surface area contributed by atoms with Gasteiger partial charge in [-0.1, -0.05) is 20.3 Å². The van der Waals surface area contributed by atoms with Gasteiger partial charge in [-0.3, -0.25) is 0 Å². The van der Waals surface area contributed by atoms with Gasteiger partial charge in [-0.2, -0.15) is 0 Å². The van der Waals surface area contributed by atoms with Crippen LogP contribution in [0.1, 0.15) is 36.9 Å². The maximum atomic E-state index is 6.28. The number of hydrogen-bond donors (Lipinski definition) is 0. The third-order valence-corrected chi connectivity index (χ3v) is 4.49. The summed E-state index contributed by atoms with van der Waals surface area (Å²) < 4.78 is 1.16. The van der Waals surface area contributed by atoms with Gasteiger partial charge in [0.05, 0.1) is 9.16 Å². The molecule has 0 saturated carbocycles. The van der Waals surface area contributed by atoms with E-state index in [1.54, 1.807) is 11.3 Å². The monoisotopic (exact) mass is 280 g/mol. The summed E-state index contributed by atoms with van der Waals surface area (Å²) >= 11 is 11.5. The molecule has 0 aliphatic rings. The molecule has 3 heteroatoms. The van der Waals surface area contributed by atoms with Crippen LogP contribution in [0.4, 0.5) is 0 Å². The van der Waals surface area contributed by atoms with Crippen LogP contribution in [-0.2, 0) is 0 Å². The zero-order valence-electron chi connectivity index (χ0n) is 7.89. The fraction of sp³-hybridized carbons (Fsp3) is 0.600. The van der Waals surface area contributed by atoms with Crippen molar-refractivity contribution >= 4 is 38.9 Å². The quantitative estimate of drug-likeness (QED) is 0.663. The van der Waals surface area contributed by atoms with Crippen LogP contribution in [0.5, 0.6) is 0 Å². The molecular weight excluding hydrogens is 268 g/mol. The molecule has 0 bridgehead atoms. The Bertz CT molecular complexity index is 259. The Morgan fingerprint density at radius 1 is 1.54 bits per heavy atom. The molecule has 1 aromatic rings. The van der Waals surface area contributed by atoms with E-state index in [0.717, 1.165) is 10.2 Å². The maximum Gasteiger partial charge on any atom is 0.0701 e. The minimum atomic E-state index is 0.186. The van der Waals surface area contributed by atoms with Crippen LogP contribution in [0, 0.1) is 5.92 Å². The molecule has 0 nitrogen and oxygen atoms in total. The summed E-state index contributed by atoms with van der Waals surface area (Å²) in [5, 5.41) is 0.186. The summed E-state index contributed by atoms with van der Waals surface area (Å²) in [6.45, 7) is 4.46. The van der Waals surface area contributed by atoms with Crippen LogP contribution in [0.2, 0.25) is 0 Å². The lowest BCUT2D eigenvalue weighted by atomic mass is 10.0. The van der Waals surface area contributed by atoms with Crippen LogP contribution in [0.25, 0.3) is 0 Å². The van der Waals surface area contributed by atoms with Crippen molar-refractivity contribution in [1.82, 2.24) is 0 Å². The molecule has 0 spiro atoms. The van der Waals surface area contributed by atoms with Crippen molar-refractivity contribution in [1.29, 1.82) is 0 Å². The topological polar surface area (TPSA) is 0 Å². The van der Waals surface area contributed by atoms with Gasteiger partial charge in [0.2, 0.25) is 0 Å². The molecule has 2 atom stereocenters. The second-order valence-electron chi connectivity index (χ2n) is 3.36. The minimum absolute atomic E-state index is 0.186. The Balaban J connectivity index is 2.53. The number of hydrogen-bond acceptors (Lipinski definition) is 1. The van der Waals surface area contributed by atoms with Gasteiger partial charge in [0.1, 0.15) is 0 Å². The van der Waals surface area contributed by atoms with Crippen molar-refractivity contribution in [3.05, 3.63) is 20.8 Å². The van der Waals surface area contributed by atoms with Gasteiger partial charge >= 0.3 is 0 Å². The van der Waals surface area contributed by atoms with Gasteiger partial charge in [-0.05, 0) is 40.4 Å². The molecule has 1 aromatic heterocycles. The van der Waals surface area contributed by atoms with E-state index in [4.69, 9.17) is 11.6 Å². The first-order valence-corrected chi connectivity index (χ1v) is 6.57. The van der Waals surface area contributed by atoms with Gasteiger partial charge in [-0.15, -0.1) is 22.9 Å². The summed E-state index contributed by atoms with van der Waals surface area (Å²) in [4.78, 5) is 1.27. The SMILES string of the molecule is CCC(C)CC(Cl)c1ccc(Br)s1. The van der Waals surface area contributed by atoms with Crippen molar-refractivity contribution in [2.45, 2.75) is 32.1 Å². The molecule has 0 fully saturated rings. The molecule has 74 valence electrons. The minimum Gasteiger partial charge on any atom is -0.132 e. The summed E-state index contributed by atoms with van der Waals surface area (Å²) in [6.07, 6.45) is 2.28. The first-order chi connectivity index (χ1) is 6.13. The van der Waals surface area contributed by atoms with Gasteiger partial charge in [0.15, 0.2) is 0 Å². The molecule has 0 aromatic carbocycles. The van der Waals surface area contributed by atoms with E-state index >= 15 is 0 Å². The Hall–Kier alpha value is 0.470. The van der Waals surface area contributed by atoms with Crippen molar-refractivity contribution < 1.29 is 0 Å². The lowest BCUT2D eigenvalue weighted by molar-refractivity contribution is 0.510. The summed E-state index contributed by atoms with van der Waals surface area (Å²) in [5.41, 5.74) is 0. The van der Waals surface area contributed by atoms with Crippen LogP contribution in [-0.4, -0.2) is 0 Å². The molecule has 2 unspecified atom stereocenters. The number of rotatable bonds is 4. The van der Waals surface area contributed by atoms with Gasteiger partial charge < -0.3 is 0 Å². The predicted octanol–water partition coefficient (Wildman–Crippen LogP) is 5.23. The Kier molecular flexibility index (Phi) is 4.77. The van der Waals surface area contributed by atoms with E-state index in [-0.39, 0.29) is 5.38 Å². The van der Waals surface area contributed by atoms with E-state index in [0.29, 0.717) is 5.92 Å². The Morgan fingerprint density at radius 3 is 2.69 bits per heavy atom. The molecule has 1 rings (SSSR count). The first-order valence-electron chi connectivity index (χ1n) is 4.52. The van der Waals surface area contributed by atoms with E-state index < -0.39 is 0 Å². The van der Waals surface area contributed by atoms with Crippen LogP contribution >= 0.6 is 38.9 Å². The zero-order chi connectivity index (χ0) is 9.84.